The molecule has 8 heteroatoms. The Labute approximate surface area is 119 Å². The molecule has 3 rings (SSSR count). The Morgan fingerprint density at radius 1 is 1.19 bits per heavy atom. The average molecular weight is 299 g/mol. The number of hydrogen-bond donors (Lipinski definition) is 1. The van der Waals surface area contributed by atoms with Crippen molar-refractivity contribution in [2.24, 2.45) is 5.92 Å². The molecule has 0 atom stereocenters. The van der Waals surface area contributed by atoms with E-state index in [4.69, 9.17) is 0 Å². The summed E-state index contributed by atoms with van der Waals surface area (Å²) < 4.78 is 38.1. The third-order valence-electron chi connectivity index (χ3n) is 4.27. The summed E-state index contributed by atoms with van der Waals surface area (Å²) in [5.74, 6) is -0.453. The van der Waals surface area contributed by atoms with Crippen LogP contribution in [-0.2, 0) is 0 Å². The largest absolute Gasteiger partial charge is 0.391 e. The molecule has 2 heterocycles. The number of aromatic amines is 1. The van der Waals surface area contributed by atoms with Gasteiger partial charge in [0.15, 0.2) is 5.65 Å². The molecule has 114 valence electrons. The van der Waals surface area contributed by atoms with E-state index < -0.39 is 12.1 Å². The van der Waals surface area contributed by atoms with Gasteiger partial charge in [-0.1, -0.05) is 0 Å². The maximum Gasteiger partial charge on any atom is 0.391 e. The van der Waals surface area contributed by atoms with Crippen molar-refractivity contribution in [3.05, 3.63) is 12.5 Å². The Kier molecular flexibility index (Phi) is 3.46. The minimum Gasteiger partial charge on any atom is -0.356 e. The van der Waals surface area contributed by atoms with Crippen LogP contribution in [0.1, 0.15) is 25.7 Å². The summed E-state index contributed by atoms with van der Waals surface area (Å²) in [6, 6.07) is 0.0663. The van der Waals surface area contributed by atoms with Gasteiger partial charge in [-0.25, -0.2) is 9.97 Å². The van der Waals surface area contributed by atoms with Crippen molar-refractivity contribution in [1.29, 1.82) is 0 Å². The highest BCUT2D eigenvalue weighted by molar-refractivity contribution is 5.86. The highest BCUT2D eigenvalue weighted by Gasteiger charge is 2.42. The summed E-state index contributed by atoms with van der Waals surface area (Å²) in [7, 11) is 1.87. The monoisotopic (exact) mass is 299 g/mol. The van der Waals surface area contributed by atoms with Crippen LogP contribution in [0.3, 0.4) is 0 Å². The van der Waals surface area contributed by atoms with Gasteiger partial charge >= 0.3 is 6.18 Å². The molecule has 1 aliphatic rings. The van der Waals surface area contributed by atoms with Crippen LogP contribution in [0.25, 0.3) is 11.0 Å². The van der Waals surface area contributed by atoms with Gasteiger partial charge in [0.05, 0.1) is 17.5 Å². The van der Waals surface area contributed by atoms with Crippen molar-refractivity contribution in [2.45, 2.75) is 37.9 Å². The van der Waals surface area contributed by atoms with Gasteiger partial charge in [-0.15, -0.1) is 0 Å². The van der Waals surface area contributed by atoms with Crippen LogP contribution in [0.2, 0.25) is 0 Å². The van der Waals surface area contributed by atoms with Crippen molar-refractivity contribution in [2.75, 3.05) is 11.9 Å². The van der Waals surface area contributed by atoms with E-state index >= 15 is 0 Å². The summed E-state index contributed by atoms with van der Waals surface area (Å²) in [5.41, 5.74) is 0.635. The fourth-order valence-electron chi connectivity index (χ4n) is 3.00. The minimum absolute atomic E-state index is 0.0663. The van der Waals surface area contributed by atoms with E-state index in [-0.39, 0.29) is 18.9 Å². The molecule has 2 aromatic rings. The van der Waals surface area contributed by atoms with Crippen LogP contribution in [0.4, 0.5) is 19.0 Å². The molecule has 2 aromatic heterocycles. The maximum absolute atomic E-state index is 12.7. The van der Waals surface area contributed by atoms with Crippen molar-refractivity contribution in [3.8, 4) is 0 Å². The molecule has 0 spiro atoms. The molecule has 1 aliphatic carbocycles. The molecule has 0 aromatic carbocycles. The summed E-state index contributed by atoms with van der Waals surface area (Å²) in [5, 5.41) is 7.49. The predicted octanol–water partition coefficient (Wildman–Crippen LogP) is 2.91. The lowest BCUT2D eigenvalue weighted by molar-refractivity contribution is -0.182. The Morgan fingerprint density at radius 2 is 1.90 bits per heavy atom. The highest BCUT2D eigenvalue weighted by atomic mass is 19.4. The first-order valence-electron chi connectivity index (χ1n) is 6.90. The average Bonchev–Trinajstić information content (AvgIpc) is 2.94. The first-order valence-corrected chi connectivity index (χ1v) is 6.90. The number of rotatable bonds is 2. The lowest BCUT2D eigenvalue weighted by Gasteiger charge is -2.36. The van der Waals surface area contributed by atoms with Crippen molar-refractivity contribution in [1.82, 2.24) is 20.2 Å². The van der Waals surface area contributed by atoms with E-state index in [1.165, 1.54) is 6.33 Å². The van der Waals surface area contributed by atoms with Crippen LogP contribution >= 0.6 is 0 Å². The van der Waals surface area contributed by atoms with Crippen LogP contribution in [0, 0.1) is 5.92 Å². The molecule has 5 nitrogen and oxygen atoms in total. The van der Waals surface area contributed by atoms with Gasteiger partial charge in [-0.05, 0) is 25.7 Å². The Hall–Kier alpha value is -1.86. The topological polar surface area (TPSA) is 57.7 Å². The molecule has 0 amide bonds. The number of anilines is 1. The van der Waals surface area contributed by atoms with Gasteiger partial charge in [-0.2, -0.15) is 18.3 Å². The van der Waals surface area contributed by atoms with E-state index in [0.717, 1.165) is 5.39 Å². The fraction of sp³-hybridized carbons (Fsp3) is 0.615. The number of alkyl halides is 3. The number of hydrogen-bond acceptors (Lipinski definition) is 4. The van der Waals surface area contributed by atoms with E-state index in [1.54, 1.807) is 6.20 Å². The first kappa shape index (κ1) is 14.1. The Morgan fingerprint density at radius 3 is 2.57 bits per heavy atom. The Bertz CT molecular complexity index is 616. The van der Waals surface area contributed by atoms with E-state index in [2.05, 4.69) is 20.2 Å². The summed E-state index contributed by atoms with van der Waals surface area (Å²) in [6.45, 7) is 0. The van der Waals surface area contributed by atoms with Crippen LogP contribution < -0.4 is 4.90 Å². The number of nitrogens with one attached hydrogen (secondary N) is 1. The molecule has 0 aliphatic heterocycles. The third kappa shape index (κ3) is 2.66. The molecular weight excluding hydrogens is 283 g/mol. The second kappa shape index (κ2) is 5.16. The van der Waals surface area contributed by atoms with Gasteiger partial charge in [0, 0.05) is 13.1 Å². The lowest BCUT2D eigenvalue weighted by Crippen LogP contribution is -2.38. The molecule has 1 saturated carbocycles. The molecule has 1 fully saturated rings. The van der Waals surface area contributed by atoms with Gasteiger partial charge in [0.1, 0.15) is 12.1 Å². The van der Waals surface area contributed by atoms with E-state index in [9.17, 15) is 13.2 Å². The minimum atomic E-state index is -4.07. The Balaban J connectivity index is 1.75. The smallest absolute Gasteiger partial charge is 0.356 e. The predicted molar refractivity (Wildman–Crippen MR) is 71.9 cm³/mol. The fourth-order valence-corrected chi connectivity index (χ4v) is 3.00. The second-order valence-electron chi connectivity index (χ2n) is 5.49. The zero-order valence-electron chi connectivity index (χ0n) is 11.6. The van der Waals surface area contributed by atoms with Crippen molar-refractivity contribution >= 4 is 16.9 Å². The maximum atomic E-state index is 12.7. The summed E-state index contributed by atoms with van der Waals surface area (Å²) in [6.07, 6.45) is 0.400. The number of fused-ring (bicyclic) bond motifs is 1. The molecule has 0 radical (unpaired) electrons. The normalized spacial score (nSPS) is 23.4. The number of halogens is 3. The molecular formula is C13H16F3N5. The lowest BCUT2D eigenvalue weighted by atomic mass is 9.85. The van der Waals surface area contributed by atoms with E-state index in [0.29, 0.717) is 24.3 Å². The SMILES string of the molecule is CN(c1ncnc2[nH]ncc12)C1CCC(C(F)(F)F)CC1. The van der Waals surface area contributed by atoms with E-state index in [1.807, 2.05) is 11.9 Å². The van der Waals surface area contributed by atoms with Gasteiger partial charge in [0.25, 0.3) is 0 Å². The van der Waals surface area contributed by atoms with Gasteiger partial charge in [0.2, 0.25) is 0 Å². The zero-order valence-corrected chi connectivity index (χ0v) is 11.6. The second-order valence-corrected chi connectivity index (χ2v) is 5.49. The summed E-state index contributed by atoms with van der Waals surface area (Å²) >= 11 is 0. The third-order valence-corrected chi connectivity index (χ3v) is 4.27. The number of H-pyrrole nitrogens is 1. The van der Waals surface area contributed by atoms with Crippen LogP contribution in [-0.4, -0.2) is 39.4 Å². The van der Waals surface area contributed by atoms with Crippen LogP contribution in [0.5, 0.6) is 0 Å². The van der Waals surface area contributed by atoms with Gasteiger partial charge < -0.3 is 4.90 Å². The molecule has 21 heavy (non-hydrogen) atoms. The number of aromatic nitrogens is 4. The molecule has 1 N–H and O–H groups in total. The molecule has 0 bridgehead atoms. The van der Waals surface area contributed by atoms with Crippen LogP contribution in [0.15, 0.2) is 12.5 Å². The number of nitrogens with zero attached hydrogens (tertiary/aromatic N) is 4. The van der Waals surface area contributed by atoms with Crippen molar-refractivity contribution < 1.29 is 13.2 Å². The summed E-state index contributed by atoms with van der Waals surface area (Å²) in [4.78, 5) is 10.3. The quantitative estimate of drug-likeness (QED) is 0.926. The molecule has 0 saturated heterocycles. The zero-order chi connectivity index (χ0) is 15.0. The standard InChI is InChI=1S/C13H16F3N5/c1-21(9-4-2-8(3-5-9)13(14,15)16)12-10-6-19-20-11(10)17-7-18-12/h6-9H,2-5H2,1H3,(H,17,18,19,20). The molecule has 0 unspecified atom stereocenters. The highest BCUT2D eigenvalue weighted by Crippen LogP contribution is 2.39. The van der Waals surface area contributed by atoms with Crippen molar-refractivity contribution in [3.63, 3.8) is 0 Å². The van der Waals surface area contributed by atoms with Gasteiger partial charge in [-0.3, -0.25) is 5.10 Å². The first-order chi connectivity index (χ1) is 9.97.